The maximum absolute atomic E-state index is 11.7. The lowest BCUT2D eigenvalue weighted by Gasteiger charge is -2.17. The lowest BCUT2D eigenvalue weighted by Crippen LogP contribution is -2.19. The van der Waals surface area contributed by atoms with Crippen molar-refractivity contribution in [2.24, 2.45) is 0 Å². The first-order valence-corrected chi connectivity index (χ1v) is 6.11. The van der Waals surface area contributed by atoms with Crippen molar-refractivity contribution in [3.8, 4) is 11.6 Å². The number of aromatic nitrogens is 2. The molecule has 0 bridgehead atoms. The van der Waals surface area contributed by atoms with E-state index in [4.69, 9.17) is 4.42 Å². The molecule has 0 atom stereocenters. The third-order valence-electron chi connectivity index (χ3n) is 2.75. The van der Waals surface area contributed by atoms with E-state index in [2.05, 4.69) is 9.97 Å². The van der Waals surface area contributed by atoms with E-state index < -0.39 is 0 Å². The fourth-order valence-corrected chi connectivity index (χ4v) is 1.65. The molecule has 18 heavy (non-hydrogen) atoms. The summed E-state index contributed by atoms with van der Waals surface area (Å²) in [6.45, 7) is 8.10. The Kier molecular flexibility index (Phi) is 3.11. The van der Waals surface area contributed by atoms with Crippen LogP contribution in [0.1, 0.15) is 39.1 Å². The number of hydrogen-bond acceptors (Lipinski definition) is 3. The molecule has 2 aromatic heterocycles. The van der Waals surface area contributed by atoms with Gasteiger partial charge in [-0.25, -0.2) is 4.98 Å². The normalized spacial score (nSPS) is 11.8. The maximum Gasteiger partial charge on any atom is 0.251 e. The highest BCUT2D eigenvalue weighted by Crippen LogP contribution is 2.22. The SMILES string of the molecule is CCc1ccc(-c2nc(C(C)(C)C)cc(=O)[nH]2)o1. The minimum absolute atomic E-state index is 0.153. The number of aryl methyl sites for hydroxylation is 1. The van der Waals surface area contributed by atoms with Gasteiger partial charge < -0.3 is 9.40 Å². The minimum Gasteiger partial charge on any atom is -0.458 e. The van der Waals surface area contributed by atoms with Gasteiger partial charge in [0.25, 0.3) is 5.56 Å². The Hall–Kier alpha value is -1.84. The molecule has 0 aromatic carbocycles. The number of nitrogens with one attached hydrogen (secondary N) is 1. The molecule has 2 rings (SSSR count). The molecule has 2 heterocycles. The van der Waals surface area contributed by atoms with Crippen LogP contribution in [0.25, 0.3) is 11.6 Å². The smallest absolute Gasteiger partial charge is 0.251 e. The first-order valence-electron chi connectivity index (χ1n) is 6.11. The molecule has 2 aromatic rings. The van der Waals surface area contributed by atoms with Gasteiger partial charge in [0.2, 0.25) is 0 Å². The number of aromatic amines is 1. The van der Waals surface area contributed by atoms with Gasteiger partial charge in [-0.1, -0.05) is 27.7 Å². The molecular weight excluding hydrogens is 228 g/mol. The molecule has 0 aliphatic heterocycles. The van der Waals surface area contributed by atoms with Crippen LogP contribution in [0.2, 0.25) is 0 Å². The van der Waals surface area contributed by atoms with Crippen molar-refractivity contribution in [3.63, 3.8) is 0 Å². The lowest BCUT2D eigenvalue weighted by atomic mass is 9.92. The van der Waals surface area contributed by atoms with E-state index >= 15 is 0 Å². The van der Waals surface area contributed by atoms with Gasteiger partial charge in [-0.2, -0.15) is 0 Å². The Morgan fingerprint density at radius 2 is 2.06 bits per heavy atom. The van der Waals surface area contributed by atoms with Crippen molar-refractivity contribution in [2.75, 3.05) is 0 Å². The molecule has 0 fully saturated rings. The second kappa shape index (κ2) is 4.44. The Morgan fingerprint density at radius 1 is 1.33 bits per heavy atom. The van der Waals surface area contributed by atoms with E-state index in [9.17, 15) is 4.79 Å². The summed E-state index contributed by atoms with van der Waals surface area (Å²) in [5.74, 6) is 1.98. The van der Waals surface area contributed by atoms with Gasteiger partial charge in [-0.3, -0.25) is 4.79 Å². The lowest BCUT2D eigenvalue weighted by molar-refractivity contribution is 0.521. The first kappa shape index (κ1) is 12.6. The van der Waals surface area contributed by atoms with Gasteiger partial charge in [0.1, 0.15) is 5.76 Å². The van der Waals surface area contributed by atoms with Crippen LogP contribution in [-0.4, -0.2) is 9.97 Å². The van der Waals surface area contributed by atoms with E-state index in [1.165, 1.54) is 6.07 Å². The highest BCUT2D eigenvalue weighted by atomic mass is 16.3. The predicted octanol–water partition coefficient (Wildman–Crippen LogP) is 2.89. The van der Waals surface area contributed by atoms with Crippen LogP contribution in [0.3, 0.4) is 0 Å². The van der Waals surface area contributed by atoms with E-state index in [0.29, 0.717) is 11.6 Å². The van der Waals surface area contributed by atoms with Crippen molar-refractivity contribution in [1.82, 2.24) is 9.97 Å². The average molecular weight is 246 g/mol. The Labute approximate surface area is 106 Å². The van der Waals surface area contributed by atoms with Crippen molar-refractivity contribution in [3.05, 3.63) is 40.0 Å². The summed E-state index contributed by atoms with van der Waals surface area (Å²) < 4.78 is 5.61. The molecule has 0 aliphatic carbocycles. The summed E-state index contributed by atoms with van der Waals surface area (Å²) in [4.78, 5) is 18.9. The average Bonchev–Trinajstić information content (AvgIpc) is 2.75. The Bertz CT molecular complexity index is 603. The quantitative estimate of drug-likeness (QED) is 0.886. The van der Waals surface area contributed by atoms with Crippen LogP contribution in [0.15, 0.2) is 27.4 Å². The van der Waals surface area contributed by atoms with Gasteiger partial charge >= 0.3 is 0 Å². The zero-order valence-electron chi connectivity index (χ0n) is 11.2. The van der Waals surface area contributed by atoms with Crippen LogP contribution in [0.5, 0.6) is 0 Å². The van der Waals surface area contributed by atoms with Crippen LogP contribution in [0, 0.1) is 0 Å². The monoisotopic (exact) mass is 246 g/mol. The summed E-state index contributed by atoms with van der Waals surface area (Å²) >= 11 is 0. The molecule has 0 saturated carbocycles. The van der Waals surface area contributed by atoms with Gasteiger partial charge in [0.05, 0.1) is 5.69 Å². The standard InChI is InChI=1S/C14H18N2O2/c1-5-9-6-7-10(18-9)13-15-11(14(2,3)4)8-12(17)16-13/h6-8H,5H2,1-4H3,(H,15,16,17). The molecule has 0 radical (unpaired) electrons. The molecule has 96 valence electrons. The summed E-state index contributed by atoms with van der Waals surface area (Å²) in [5.41, 5.74) is 0.443. The van der Waals surface area contributed by atoms with Gasteiger partial charge in [-0.05, 0) is 12.1 Å². The molecular formula is C14H18N2O2. The van der Waals surface area contributed by atoms with Gasteiger partial charge in [0.15, 0.2) is 11.6 Å². The fraction of sp³-hybridized carbons (Fsp3) is 0.429. The van der Waals surface area contributed by atoms with Crippen molar-refractivity contribution < 1.29 is 4.42 Å². The second-order valence-electron chi connectivity index (χ2n) is 5.35. The van der Waals surface area contributed by atoms with E-state index in [0.717, 1.165) is 17.9 Å². The Balaban J connectivity index is 2.51. The van der Waals surface area contributed by atoms with Gasteiger partial charge in [0, 0.05) is 17.9 Å². The summed E-state index contributed by atoms with van der Waals surface area (Å²) in [7, 11) is 0. The largest absolute Gasteiger partial charge is 0.458 e. The number of furan rings is 1. The predicted molar refractivity (Wildman–Crippen MR) is 70.6 cm³/mol. The molecule has 4 nitrogen and oxygen atoms in total. The molecule has 0 aliphatic rings. The summed E-state index contributed by atoms with van der Waals surface area (Å²) in [6, 6.07) is 5.27. The van der Waals surface area contributed by atoms with Crippen LogP contribution in [0.4, 0.5) is 0 Å². The molecule has 1 N–H and O–H groups in total. The van der Waals surface area contributed by atoms with Crippen molar-refractivity contribution >= 4 is 0 Å². The third kappa shape index (κ3) is 2.53. The third-order valence-corrected chi connectivity index (χ3v) is 2.75. The fourth-order valence-electron chi connectivity index (χ4n) is 1.65. The first-order chi connectivity index (χ1) is 8.40. The molecule has 4 heteroatoms. The number of H-pyrrole nitrogens is 1. The number of rotatable bonds is 2. The molecule has 0 unspecified atom stereocenters. The molecule has 0 amide bonds. The topological polar surface area (TPSA) is 58.9 Å². The van der Waals surface area contributed by atoms with Crippen molar-refractivity contribution in [2.45, 2.75) is 39.5 Å². The number of nitrogens with zero attached hydrogens (tertiary/aromatic N) is 1. The Morgan fingerprint density at radius 3 is 2.61 bits per heavy atom. The van der Waals surface area contributed by atoms with Crippen LogP contribution in [-0.2, 0) is 11.8 Å². The summed E-state index contributed by atoms with van der Waals surface area (Å²) in [5, 5.41) is 0. The zero-order chi connectivity index (χ0) is 13.3. The highest BCUT2D eigenvalue weighted by Gasteiger charge is 2.18. The van der Waals surface area contributed by atoms with Crippen molar-refractivity contribution in [1.29, 1.82) is 0 Å². The summed E-state index contributed by atoms with van der Waals surface area (Å²) in [6.07, 6.45) is 0.823. The molecule has 0 saturated heterocycles. The van der Waals surface area contributed by atoms with Gasteiger partial charge in [-0.15, -0.1) is 0 Å². The van der Waals surface area contributed by atoms with Crippen LogP contribution >= 0.6 is 0 Å². The highest BCUT2D eigenvalue weighted by molar-refractivity contribution is 5.47. The van der Waals surface area contributed by atoms with E-state index in [1.807, 2.05) is 39.8 Å². The van der Waals surface area contributed by atoms with E-state index in [1.54, 1.807) is 0 Å². The number of hydrogen-bond donors (Lipinski definition) is 1. The maximum atomic E-state index is 11.7. The van der Waals surface area contributed by atoms with Crippen LogP contribution < -0.4 is 5.56 Å². The minimum atomic E-state index is -0.164. The zero-order valence-corrected chi connectivity index (χ0v) is 11.2. The second-order valence-corrected chi connectivity index (χ2v) is 5.35. The molecule has 0 spiro atoms. The van der Waals surface area contributed by atoms with E-state index in [-0.39, 0.29) is 11.0 Å².